The number of nitrogens with zero attached hydrogens (tertiary/aromatic N) is 2. The SMILES string of the molecule is Cc1c(C(=O)NC2CCC(C(F)(F)F)CC2)cnn1-c1cccc(C(F)(F)F)c1. The van der Waals surface area contributed by atoms with E-state index >= 15 is 0 Å². The summed E-state index contributed by atoms with van der Waals surface area (Å²) in [7, 11) is 0. The highest BCUT2D eigenvalue weighted by molar-refractivity contribution is 5.95. The van der Waals surface area contributed by atoms with Crippen LogP contribution in [0.15, 0.2) is 30.5 Å². The van der Waals surface area contributed by atoms with Gasteiger partial charge in [0.15, 0.2) is 0 Å². The van der Waals surface area contributed by atoms with E-state index in [1.54, 1.807) is 6.92 Å². The number of benzene rings is 1. The number of hydrogen-bond acceptors (Lipinski definition) is 2. The number of nitrogens with one attached hydrogen (secondary N) is 1. The maximum atomic E-state index is 12.9. The van der Waals surface area contributed by atoms with E-state index in [9.17, 15) is 31.1 Å². The van der Waals surface area contributed by atoms with E-state index < -0.39 is 29.7 Å². The minimum absolute atomic E-state index is 0.0447. The Labute approximate surface area is 162 Å². The molecule has 1 aromatic carbocycles. The first-order valence-corrected chi connectivity index (χ1v) is 9.06. The fraction of sp³-hybridized carbons (Fsp3) is 0.474. The number of aromatic nitrogens is 2. The van der Waals surface area contributed by atoms with E-state index in [-0.39, 0.29) is 43.0 Å². The average molecular weight is 419 g/mol. The number of hydrogen-bond donors (Lipinski definition) is 1. The normalized spacial score (nSPS) is 20.5. The van der Waals surface area contributed by atoms with Crippen molar-refractivity contribution in [2.45, 2.75) is 51.0 Å². The van der Waals surface area contributed by atoms with Crippen LogP contribution in [0.2, 0.25) is 0 Å². The van der Waals surface area contributed by atoms with Gasteiger partial charge in [-0.1, -0.05) is 6.07 Å². The minimum Gasteiger partial charge on any atom is -0.349 e. The van der Waals surface area contributed by atoms with Crippen molar-refractivity contribution < 1.29 is 31.1 Å². The summed E-state index contributed by atoms with van der Waals surface area (Å²) in [6.45, 7) is 1.54. The van der Waals surface area contributed by atoms with Gasteiger partial charge in [-0.05, 0) is 50.8 Å². The molecule has 0 atom stereocenters. The summed E-state index contributed by atoms with van der Waals surface area (Å²) < 4.78 is 78.2. The Balaban J connectivity index is 1.71. The van der Waals surface area contributed by atoms with Crippen LogP contribution in [0.3, 0.4) is 0 Å². The summed E-state index contributed by atoms with van der Waals surface area (Å²) >= 11 is 0. The molecule has 1 amide bonds. The zero-order valence-corrected chi connectivity index (χ0v) is 15.4. The molecule has 1 aliphatic carbocycles. The van der Waals surface area contributed by atoms with Crippen molar-refractivity contribution in [1.82, 2.24) is 15.1 Å². The molecule has 0 saturated heterocycles. The van der Waals surface area contributed by atoms with Gasteiger partial charge in [0.25, 0.3) is 5.91 Å². The van der Waals surface area contributed by atoms with Crippen molar-refractivity contribution in [2.24, 2.45) is 5.92 Å². The number of halogens is 6. The lowest BCUT2D eigenvalue weighted by Gasteiger charge is -2.30. The molecule has 10 heteroatoms. The summed E-state index contributed by atoms with van der Waals surface area (Å²) in [5.74, 6) is -1.85. The molecule has 2 aromatic rings. The molecule has 0 bridgehead atoms. The van der Waals surface area contributed by atoms with Crippen molar-refractivity contribution >= 4 is 5.91 Å². The van der Waals surface area contributed by atoms with E-state index in [1.165, 1.54) is 23.0 Å². The van der Waals surface area contributed by atoms with Crippen LogP contribution in [0, 0.1) is 12.8 Å². The maximum Gasteiger partial charge on any atom is 0.416 e. The highest BCUT2D eigenvalue weighted by Gasteiger charge is 2.41. The molecule has 29 heavy (non-hydrogen) atoms. The van der Waals surface area contributed by atoms with Gasteiger partial charge in [-0.2, -0.15) is 31.4 Å². The Hall–Kier alpha value is -2.52. The molecular weight excluding hydrogens is 400 g/mol. The molecule has 1 aromatic heterocycles. The Bertz CT molecular complexity index is 879. The van der Waals surface area contributed by atoms with Gasteiger partial charge in [-0.25, -0.2) is 4.68 Å². The molecule has 1 N–H and O–H groups in total. The van der Waals surface area contributed by atoms with E-state index in [2.05, 4.69) is 10.4 Å². The molecule has 1 saturated carbocycles. The van der Waals surface area contributed by atoms with E-state index in [4.69, 9.17) is 0 Å². The Morgan fingerprint density at radius 3 is 2.34 bits per heavy atom. The van der Waals surface area contributed by atoms with Gasteiger partial charge in [0.2, 0.25) is 0 Å². The van der Waals surface area contributed by atoms with Gasteiger partial charge in [-0.15, -0.1) is 0 Å². The van der Waals surface area contributed by atoms with Crippen molar-refractivity contribution in [3.63, 3.8) is 0 Å². The van der Waals surface area contributed by atoms with Crippen LogP contribution in [0.1, 0.15) is 47.3 Å². The first-order chi connectivity index (χ1) is 13.5. The molecular formula is C19H19F6N3O. The van der Waals surface area contributed by atoms with Crippen LogP contribution >= 0.6 is 0 Å². The Morgan fingerprint density at radius 1 is 1.10 bits per heavy atom. The van der Waals surface area contributed by atoms with Crippen molar-refractivity contribution in [3.05, 3.63) is 47.3 Å². The van der Waals surface area contributed by atoms with Gasteiger partial charge in [0, 0.05) is 6.04 Å². The lowest BCUT2D eigenvalue weighted by atomic mass is 9.85. The third-order valence-corrected chi connectivity index (χ3v) is 5.20. The number of carbonyl (C=O) groups is 1. The average Bonchev–Trinajstić information content (AvgIpc) is 3.02. The summed E-state index contributed by atoms with van der Waals surface area (Å²) in [5.41, 5.74) is -0.175. The molecule has 1 fully saturated rings. The quantitative estimate of drug-likeness (QED) is 0.708. The van der Waals surface area contributed by atoms with E-state index in [0.29, 0.717) is 5.69 Å². The highest BCUT2D eigenvalue weighted by Crippen LogP contribution is 2.37. The van der Waals surface area contributed by atoms with Crippen molar-refractivity contribution in [1.29, 1.82) is 0 Å². The largest absolute Gasteiger partial charge is 0.416 e. The van der Waals surface area contributed by atoms with Crippen LogP contribution in [0.25, 0.3) is 5.69 Å². The molecule has 0 unspecified atom stereocenters. The predicted molar refractivity (Wildman–Crippen MR) is 92.6 cm³/mol. The zero-order valence-electron chi connectivity index (χ0n) is 15.4. The number of rotatable bonds is 3. The van der Waals surface area contributed by atoms with Gasteiger partial charge < -0.3 is 5.32 Å². The van der Waals surface area contributed by atoms with Gasteiger partial charge in [0.05, 0.1) is 34.6 Å². The van der Waals surface area contributed by atoms with Crippen LogP contribution in [-0.2, 0) is 6.18 Å². The lowest BCUT2D eigenvalue weighted by Crippen LogP contribution is -2.40. The molecule has 1 aliphatic rings. The second-order valence-electron chi connectivity index (χ2n) is 7.17. The van der Waals surface area contributed by atoms with Crippen LogP contribution in [0.5, 0.6) is 0 Å². The van der Waals surface area contributed by atoms with Gasteiger partial charge in [-0.3, -0.25) is 4.79 Å². The van der Waals surface area contributed by atoms with Crippen LogP contribution < -0.4 is 5.32 Å². The highest BCUT2D eigenvalue weighted by atomic mass is 19.4. The predicted octanol–water partition coefficient (Wildman–Crippen LogP) is 5.05. The Morgan fingerprint density at radius 2 is 1.76 bits per heavy atom. The smallest absolute Gasteiger partial charge is 0.349 e. The standard InChI is InChI=1S/C19H19F6N3O/c1-11-16(17(29)27-14-7-5-12(6-8-14)18(20,21)22)10-26-28(11)15-4-2-3-13(9-15)19(23,24)25/h2-4,9-10,12,14H,5-8H2,1H3,(H,27,29). The summed E-state index contributed by atoms with van der Waals surface area (Å²) in [6, 6.07) is 4.18. The third-order valence-electron chi connectivity index (χ3n) is 5.20. The number of amides is 1. The first-order valence-electron chi connectivity index (χ1n) is 9.06. The van der Waals surface area contributed by atoms with Crippen LogP contribution in [-0.4, -0.2) is 27.9 Å². The molecule has 4 nitrogen and oxygen atoms in total. The molecule has 158 valence electrons. The molecule has 0 aliphatic heterocycles. The maximum absolute atomic E-state index is 12.9. The topological polar surface area (TPSA) is 46.9 Å². The molecule has 0 radical (unpaired) electrons. The Kier molecular flexibility index (Phi) is 5.64. The second kappa shape index (κ2) is 7.72. The van der Waals surface area contributed by atoms with E-state index in [1.807, 2.05) is 0 Å². The van der Waals surface area contributed by atoms with E-state index in [0.717, 1.165) is 12.1 Å². The van der Waals surface area contributed by atoms with Crippen molar-refractivity contribution in [2.75, 3.05) is 0 Å². The molecule has 1 heterocycles. The van der Waals surface area contributed by atoms with Gasteiger partial charge >= 0.3 is 12.4 Å². The lowest BCUT2D eigenvalue weighted by molar-refractivity contribution is -0.182. The van der Waals surface area contributed by atoms with Crippen molar-refractivity contribution in [3.8, 4) is 5.69 Å². The number of alkyl halides is 6. The van der Waals surface area contributed by atoms with Crippen LogP contribution in [0.4, 0.5) is 26.3 Å². The fourth-order valence-electron chi connectivity index (χ4n) is 3.54. The second-order valence-corrected chi connectivity index (χ2v) is 7.17. The minimum atomic E-state index is -4.51. The number of carbonyl (C=O) groups excluding carboxylic acids is 1. The first kappa shape index (κ1) is 21.2. The molecule has 0 spiro atoms. The zero-order chi connectivity index (χ0) is 21.4. The third kappa shape index (κ3) is 4.73. The summed E-state index contributed by atoms with van der Waals surface area (Å²) in [4.78, 5) is 12.5. The molecule has 3 rings (SSSR count). The summed E-state index contributed by atoms with van der Waals surface area (Å²) in [5, 5.41) is 6.72. The summed E-state index contributed by atoms with van der Waals surface area (Å²) in [6.07, 6.45) is -7.14. The fourth-order valence-corrected chi connectivity index (χ4v) is 3.54. The van der Waals surface area contributed by atoms with Gasteiger partial charge in [0.1, 0.15) is 0 Å². The monoisotopic (exact) mass is 419 g/mol.